The van der Waals surface area contributed by atoms with E-state index >= 15 is 0 Å². The van der Waals surface area contributed by atoms with Crippen LogP contribution in [-0.4, -0.2) is 35.5 Å². The smallest absolute Gasteiger partial charge is 0.393 e. The Morgan fingerprint density at radius 1 is 1.31 bits per heavy atom. The predicted molar refractivity (Wildman–Crippen MR) is 42.0 cm³/mol. The lowest BCUT2D eigenvalue weighted by Gasteiger charge is -2.33. The van der Waals surface area contributed by atoms with Gasteiger partial charge in [-0.15, -0.1) is 0 Å². The summed E-state index contributed by atoms with van der Waals surface area (Å²) in [6, 6.07) is 0. The van der Waals surface area contributed by atoms with E-state index < -0.39 is 12.4 Å². The number of rotatable bonds is 1. The third kappa shape index (κ3) is 2.84. The predicted octanol–water partition coefficient (Wildman–Crippen LogP) is 1.60. The van der Waals surface area contributed by atoms with Crippen LogP contribution in [0.5, 0.6) is 0 Å². The van der Waals surface area contributed by atoms with Crippen LogP contribution in [0.3, 0.4) is 0 Å². The molecule has 0 aromatic rings. The summed E-state index contributed by atoms with van der Waals surface area (Å²) in [6.45, 7) is 1.66. The fourth-order valence-electron chi connectivity index (χ4n) is 1.64. The number of hydrogen-bond acceptors (Lipinski definition) is 2. The van der Waals surface area contributed by atoms with E-state index in [2.05, 4.69) is 0 Å². The molecule has 1 aliphatic rings. The van der Waals surface area contributed by atoms with E-state index in [1.165, 1.54) is 0 Å². The third-order valence-electron chi connectivity index (χ3n) is 2.58. The van der Waals surface area contributed by atoms with Gasteiger partial charge >= 0.3 is 6.30 Å². The average molecular weight is 197 g/mol. The highest BCUT2D eigenvalue weighted by atomic mass is 19.4. The van der Waals surface area contributed by atoms with Gasteiger partial charge in [-0.2, -0.15) is 13.2 Å². The molecular weight excluding hydrogens is 183 g/mol. The van der Waals surface area contributed by atoms with Crippen LogP contribution in [0.2, 0.25) is 0 Å². The van der Waals surface area contributed by atoms with Gasteiger partial charge in [-0.05, 0) is 25.7 Å². The topological polar surface area (TPSA) is 23.5 Å². The second-order valence-electron chi connectivity index (χ2n) is 3.53. The summed E-state index contributed by atoms with van der Waals surface area (Å²) in [7, 11) is 0. The summed E-state index contributed by atoms with van der Waals surface area (Å²) in [5, 5.41) is 9.17. The minimum atomic E-state index is -4.20. The van der Waals surface area contributed by atoms with Crippen LogP contribution >= 0.6 is 0 Å². The van der Waals surface area contributed by atoms with E-state index in [1.807, 2.05) is 0 Å². The van der Waals surface area contributed by atoms with Gasteiger partial charge in [-0.3, -0.25) is 0 Å². The fraction of sp³-hybridized carbons (Fsp3) is 1.00. The van der Waals surface area contributed by atoms with Crippen molar-refractivity contribution in [1.29, 1.82) is 0 Å². The van der Waals surface area contributed by atoms with Crippen molar-refractivity contribution in [3.05, 3.63) is 0 Å². The van der Waals surface area contributed by atoms with Gasteiger partial charge in [0.15, 0.2) is 0 Å². The van der Waals surface area contributed by atoms with Gasteiger partial charge in [0.25, 0.3) is 0 Å². The highest BCUT2D eigenvalue weighted by molar-refractivity contribution is 4.76. The Kier molecular flexibility index (Phi) is 3.18. The number of nitrogens with zero attached hydrogens (tertiary/aromatic N) is 1. The van der Waals surface area contributed by atoms with Gasteiger partial charge in [0.2, 0.25) is 0 Å². The maximum Gasteiger partial charge on any atom is 0.459 e. The van der Waals surface area contributed by atoms with Crippen molar-refractivity contribution < 1.29 is 18.3 Å². The van der Waals surface area contributed by atoms with Crippen molar-refractivity contribution in [2.45, 2.75) is 32.2 Å². The lowest BCUT2D eigenvalue weighted by Crippen LogP contribution is -2.45. The minimum Gasteiger partial charge on any atom is -0.393 e. The normalized spacial score (nSPS) is 24.7. The van der Waals surface area contributed by atoms with E-state index in [0.717, 1.165) is 0 Å². The third-order valence-corrected chi connectivity index (χ3v) is 2.58. The molecule has 1 unspecified atom stereocenters. The molecule has 0 aliphatic carbocycles. The van der Waals surface area contributed by atoms with Gasteiger partial charge in [-0.1, -0.05) is 0 Å². The van der Waals surface area contributed by atoms with E-state index in [-0.39, 0.29) is 19.0 Å². The molecule has 1 saturated heterocycles. The Morgan fingerprint density at radius 3 is 2.08 bits per heavy atom. The molecule has 1 atom stereocenters. The molecule has 5 heteroatoms. The standard InChI is InChI=1S/C8H14F3NO/c1-6(13)7-2-4-12(5-3-7)8(9,10)11/h6-7,13H,2-5H2,1H3. The summed E-state index contributed by atoms with van der Waals surface area (Å²) in [5.41, 5.74) is 0. The van der Waals surface area contributed by atoms with Gasteiger partial charge in [0.05, 0.1) is 6.10 Å². The van der Waals surface area contributed by atoms with Crippen LogP contribution in [0.15, 0.2) is 0 Å². The van der Waals surface area contributed by atoms with Crippen molar-refractivity contribution in [2.75, 3.05) is 13.1 Å². The Labute approximate surface area is 75.3 Å². The molecule has 1 heterocycles. The van der Waals surface area contributed by atoms with Crippen LogP contribution in [0.25, 0.3) is 0 Å². The first kappa shape index (κ1) is 10.8. The number of aliphatic hydroxyl groups excluding tert-OH is 1. The first-order valence-electron chi connectivity index (χ1n) is 4.41. The molecule has 0 aromatic carbocycles. The quantitative estimate of drug-likeness (QED) is 0.645. The zero-order valence-electron chi connectivity index (χ0n) is 7.51. The minimum absolute atomic E-state index is 0.0130. The zero-order chi connectivity index (χ0) is 10.1. The summed E-state index contributed by atoms with van der Waals surface area (Å²) in [6.07, 6.45) is -3.84. The number of halogens is 3. The largest absolute Gasteiger partial charge is 0.459 e. The fourth-order valence-corrected chi connectivity index (χ4v) is 1.64. The Hall–Kier alpha value is -0.290. The van der Waals surface area contributed by atoms with Crippen molar-refractivity contribution in [1.82, 2.24) is 4.90 Å². The lowest BCUT2D eigenvalue weighted by molar-refractivity contribution is -0.252. The molecule has 0 amide bonds. The molecule has 0 bridgehead atoms. The number of alkyl halides is 3. The molecule has 0 radical (unpaired) electrons. The van der Waals surface area contributed by atoms with Crippen LogP contribution < -0.4 is 0 Å². The van der Waals surface area contributed by atoms with Gasteiger partial charge in [0, 0.05) is 13.1 Å². The maximum atomic E-state index is 12.1. The van der Waals surface area contributed by atoms with Crippen LogP contribution in [0.1, 0.15) is 19.8 Å². The first-order valence-corrected chi connectivity index (χ1v) is 4.41. The second kappa shape index (κ2) is 3.84. The monoisotopic (exact) mass is 197 g/mol. The van der Waals surface area contributed by atoms with E-state index in [4.69, 9.17) is 5.11 Å². The SMILES string of the molecule is CC(O)C1CCN(C(F)(F)F)CC1. The average Bonchev–Trinajstić information content (AvgIpc) is 2.03. The highest BCUT2D eigenvalue weighted by Gasteiger charge is 2.39. The molecule has 0 aromatic heterocycles. The van der Waals surface area contributed by atoms with Crippen molar-refractivity contribution in [3.63, 3.8) is 0 Å². The second-order valence-corrected chi connectivity index (χ2v) is 3.53. The molecule has 1 aliphatic heterocycles. The van der Waals surface area contributed by atoms with Crippen LogP contribution in [0, 0.1) is 5.92 Å². The van der Waals surface area contributed by atoms with E-state index in [0.29, 0.717) is 17.7 Å². The summed E-state index contributed by atoms with van der Waals surface area (Å²) in [4.78, 5) is 0.506. The number of hydrogen-bond donors (Lipinski definition) is 1. The number of likely N-dealkylation sites (tertiary alicyclic amines) is 1. The van der Waals surface area contributed by atoms with Crippen LogP contribution in [-0.2, 0) is 0 Å². The number of piperidine rings is 1. The van der Waals surface area contributed by atoms with Crippen molar-refractivity contribution in [2.24, 2.45) is 5.92 Å². The number of aliphatic hydroxyl groups is 1. The van der Waals surface area contributed by atoms with Crippen LogP contribution in [0.4, 0.5) is 13.2 Å². The first-order chi connectivity index (χ1) is 5.91. The Morgan fingerprint density at radius 2 is 1.77 bits per heavy atom. The molecule has 0 saturated carbocycles. The molecule has 1 N–H and O–H groups in total. The molecular formula is C8H14F3NO. The molecule has 0 spiro atoms. The van der Waals surface area contributed by atoms with E-state index in [9.17, 15) is 13.2 Å². The summed E-state index contributed by atoms with van der Waals surface area (Å²) >= 11 is 0. The van der Waals surface area contributed by atoms with Gasteiger partial charge in [-0.25, -0.2) is 4.90 Å². The lowest BCUT2D eigenvalue weighted by atomic mass is 9.92. The molecule has 1 fully saturated rings. The zero-order valence-corrected chi connectivity index (χ0v) is 7.51. The Bertz CT molecular complexity index is 161. The van der Waals surface area contributed by atoms with Gasteiger partial charge in [0.1, 0.15) is 0 Å². The molecule has 2 nitrogen and oxygen atoms in total. The summed E-state index contributed by atoms with van der Waals surface area (Å²) < 4.78 is 36.4. The Balaban J connectivity index is 2.39. The summed E-state index contributed by atoms with van der Waals surface area (Å²) in [5.74, 6) is 0.0265. The van der Waals surface area contributed by atoms with Crippen molar-refractivity contribution in [3.8, 4) is 0 Å². The van der Waals surface area contributed by atoms with E-state index in [1.54, 1.807) is 6.92 Å². The molecule has 13 heavy (non-hydrogen) atoms. The highest BCUT2D eigenvalue weighted by Crippen LogP contribution is 2.28. The van der Waals surface area contributed by atoms with Crippen molar-refractivity contribution >= 4 is 0 Å². The van der Waals surface area contributed by atoms with Gasteiger partial charge < -0.3 is 5.11 Å². The maximum absolute atomic E-state index is 12.1. The molecule has 78 valence electrons. The molecule has 1 rings (SSSR count).